The molecule has 0 saturated heterocycles. The van der Waals surface area contributed by atoms with Crippen molar-refractivity contribution in [2.75, 3.05) is 19.4 Å². The maximum Gasteiger partial charge on any atom is 0.311 e. The number of pyridine rings is 1. The molecule has 0 spiro atoms. The van der Waals surface area contributed by atoms with E-state index in [4.69, 9.17) is 0 Å². The van der Waals surface area contributed by atoms with Crippen molar-refractivity contribution in [2.24, 2.45) is 0 Å². The average molecular weight is 362 g/mol. The zero-order valence-electron chi connectivity index (χ0n) is 15.4. The maximum absolute atomic E-state index is 11.2. The third-order valence-corrected chi connectivity index (χ3v) is 4.21. The van der Waals surface area contributed by atoms with Crippen LogP contribution in [-0.4, -0.2) is 28.9 Å². The van der Waals surface area contributed by atoms with Crippen LogP contribution in [0.25, 0.3) is 11.1 Å². The second-order valence-electron chi connectivity index (χ2n) is 6.57. The van der Waals surface area contributed by atoms with E-state index in [0.29, 0.717) is 6.54 Å². The van der Waals surface area contributed by atoms with Gasteiger partial charge in [-0.3, -0.25) is 10.1 Å². The molecule has 0 aliphatic heterocycles. The second-order valence-corrected chi connectivity index (χ2v) is 6.57. The van der Waals surface area contributed by atoms with Crippen molar-refractivity contribution in [3.8, 4) is 11.1 Å². The molecule has 1 N–H and O–H groups in total. The molecule has 138 valence electrons. The number of hydrogen-bond acceptors (Lipinski definition) is 5. The van der Waals surface area contributed by atoms with E-state index < -0.39 is 4.92 Å². The monoisotopic (exact) mass is 362 g/mol. The lowest BCUT2D eigenvalue weighted by atomic mass is 9.98. The Balaban J connectivity index is 1.82. The number of nitrogens with one attached hydrogen (secondary N) is 1. The molecule has 0 atom stereocenters. The SMILES string of the molecule is CN(C)Cc1ccc(-c2ccccc2CNc2ncccc2[N+](=O)[O-])cc1. The van der Waals surface area contributed by atoms with Gasteiger partial charge in [-0.1, -0.05) is 48.5 Å². The van der Waals surface area contributed by atoms with Gasteiger partial charge in [0, 0.05) is 25.4 Å². The largest absolute Gasteiger partial charge is 0.360 e. The van der Waals surface area contributed by atoms with E-state index in [0.717, 1.165) is 23.2 Å². The first-order valence-corrected chi connectivity index (χ1v) is 8.70. The Bertz CT molecular complexity index is 923. The Labute approximate surface area is 158 Å². The molecule has 0 bridgehead atoms. The number of hydrogen-bond donors (Lipinski definition) is 1. The van der Waals surface area contributed by atoms with Crippen molar-refractivity contribution in [3.63, 3.8) is 0 Å². The van der Waals surface area contributed by atoms with Crippen molar-refractivity contribution in [1.29, 1.82) is 0 Å². The average Bonchev–Trinajstić information content (AvgIpc) is 2.67. The van der Waals surface area contributed by atoms with Crippen LogP contribution in [0.4, 0.5) is 11.5 Å². The van der Waals surface area contributed by atoms with E-state index in [1.54, 1.807) is 12.3 Å². The van der Waals surface area contributed by atoms with Crippen LogP contribution in [0.1, 0.15) is 11.1 Å². The van der Waals surface area contributed by atoms with Crippen molar-refractivity contribution in [3.05, 3.63) is 88.1 Å². The summed E-state index contributed by atoms with van der Waals surface area (Å²) in [6.07, 6.45) is 1.55. The fourth-order valence-corrected chi connectivity index (χ4v) is 2.97. The van der Waals surface area contributed by atoms with Crippen LogP contribution in [0.2, 0.25) is 0 Å². The molecule has 27 heavy (non-hydrogen) atoms. The Morgan fingerprint density at radius 2 is 1.78 bits per heavy atom. The van der Waals surface area contributed by atoms with Crippen LogP contribution >= 0.6 is 0 Å². The first kappa shape index (κ1) is 18.5. The van der Waals surface area contributed by atoms with Gasteiger partial charge < -0.3 is 10.2 Å². The fourth-order valence-electron chi connectivity index (χ4n) is 2.97. The quantitative estimate of drug-likeness (QED) is 0.500. The first-order valence-electron chi connectivity index (χ1n) is 8.70. The van der Waals surface area contributed by atoms with Gasteiger partial charge in [-0.2, -0.15) is 0 Å². The van der Waals surface area contributed by atoms with E-state index in [1.165, 1.54) is 11.6 Å². The number of benzene rings is 2. The highest BCUT2D eigenvalue weighted by Gasteiger charge is 2.14. The van der Waals surface area contributed by atoms with Crippen molar-refractivity contribution < 1.29 is 4.92 Å². The molecule has 1 aromatic heterocycles. The van der Waals surface area contributed by atoms with Crippen LogP contribution in [-0.2, 0) is 13.1 Å². The molecule has 0 radical (unpaired) electrons. The van der Waals surface area contributed by atoms with Gasteiger partial charge in [-0.25, -0.2) is 4.98 Å². The summed E-state index contributed by atoms with van der Waals surface area (Å²) in [6, 6.07) is 19.5. The smallest absolute Gasteiger partial charge is 0.311 e. The number of anilines is 1. The molecule has 6 heteroatoms. The molecule has 3 aromatic rings. The summed E-state index contributed by atoms with van der Waals surface area (Å²) in [7, 11) is 4.09. The van der Waals surface area contributed by atoms with Crippen LogP contribution in [0.15, 0.2) is 66.9 Å². The van der Waals surface area contributed by atoms with Crippen molar-refractivity contribution in [2.45, 2.75) is 13.1 Å². The van der Waals surface area contributed by atoms with E-state index in [1.807, 2.05) is 32.3 Å². The van der Waals surface area contributed by atoms with E-state index in [-0.39, 0.29) is 11.5 Å². The Kier molecular flexibility index (Phi) is 5.78. The highest BCUT2D eigenvalue weighted by molar-refractivity contribution is 5.68. The molecule has 0 amide bonds. The minimum Gasteiger partial charge on any atom is -0.360 e. The summed E-state index contributed by atoms with van der Waals surface area (Å²) >= 11 is 0. The molecule has 0 aliphatic rings. The van der Waals surface area contributed by atoms with Crippen LogP contribution in [0, 0.1) is 10.1 Å². The minimum absolute atomic E-state index is 0.0250. The summed E-state index contributed by atoms with van der Waals surface area (Å²) in [6.45, 7) is 1.35. The highest BCUT2D eigenvalue weighted by Crippen LogP contribution is 2.26. The van der Waals surface area contributed by atoms with Crippen molar-refractivity contribution in [1.82, 2.24) is 9.88 Å². The number of rotatable bonds is 7. The number of nitrogens with zero attached hydrogens (tertiary/aromatic N) is 3. The molecule has 0 unspecified atom stereocenters. The van der Waals surface area contributed by atoms with Crippen LogP contribution < -0.4 is 5.32 Å². The lowest BCUT2D eigenvalue weighted by Crippen LogP contribution is -2.10. The van der Waals surface area contributed by atoms with Gasteiger partial charge in [-0.05, 0) is 42.4 Å². The number of nitro groups is 1. The summed E-state index contributed by atoms with van der Waals surface area (Å²) < 4.78 is 0. The van der Waals surface area contributed by atoms with Gasteiger partial charge in [0.2, 0.25) is 5.82 Å². The molecule has 0 saturated carbocycles. The third kappa shape index (κ3) is 4.68. The standard InChI is InChI=1S/C21H22N4O2/c1-24(2)15-16-9-11-17(12-10-16)19-7-4-3-6-18(19)14-23-21-20(25(26)27)8-5-13-22-21/h3-13H,14-15H2,1-2H3,(H,22,23). The topological polar surface area (TPSA) is 71.3 Å². The zero-order valence-corrected chi connectivity index (χ0v) is 15.4. The molecule has 1 heterocycles. The summed E-state index contributed by atoms with van der Waals surface area (Å²) in [4.78, 5) is 17.0. The second kappa shape index (κ2) is 8.42. The third-order valence-electron chi connectivity index (χ3n) is 4.21. The van der Waals surface area contributed by atoms with Gasteiger partial charge in [0.1, 0.15) is 0 Å². The van der Waals surface area contributed by atoms with E-state index in [9.17, 15) is 10.1 Å². The summed E-state index contributed by atoms with van der Waals surface area (Å²) in [5.74, 6) is 0.277. The minimum atomic E-state index is -0.426. The molecule has 0 aliphatic carbocycles. The van der Waals surface area contributed by atoms with E-state index >= 15 is 0 Å². The normalized spacial score (nSPS) is 10.8. The van der Waals surface area contributed by atoms with Gasteiger partial charge in [0.25, 0.3) is 0 Å². The Morgan fingerprint density at radius 1 is 1.04 bits per heavy atom. The molecule has 6 nitrogen and oxygen atoms in total. The summed E-state index contributed by atoms with van der Waals surface area (Å²) in [5, 5.41) is 14.3. The lowest BCUT2D eigenvalue weighted by molar-refractivity contribution is -0.384. The van der Waals surface area contributed by atoms with Gasteiger partial charge in [0.15, 0.2) is 0 Å². The van der Waals surface area contributed by atoms with Gasteiger partial charge in [-0.15, -0.1) is 0 Å². The van der Waals surface area contributed by atoms with Crippen molar-refractivity contribution >= 4 is 11.5 Å². The molecular formula is C21H22N4O2. The van der Waals surface area contributed by atoms with Gasteiger partial charge in [0.05, 0.1) is 4.92 Å². The first-order chi connectivity index (χ1) is 13.0. The molecule has 0 fully saturated rings. The maximum atomic E-state index is 11.2. The molecule has 3 rings (SSSR count). The molecule has 2 aromatic carbocycles. The predicted molar refractivity (Wildman–Crippen MR) is 107 cm³/mol. The Hall–Kier alpha value is -3.25. The van der Waals surface area contributed by atoms with E-state index in [2.05, 4.69) is 45.5 Å². The van der Waals surface area contributed by atoms with Crippen LogP contribution in [0.3, 0.4) is 0 Å². The van der Waals surface area contributed by atoms with Crippen LogP contribution in [0.5, 0.6) is 0 Å². The Morgan fingerprint density at radius 3 is 2.48 bits per heavy atom. The fraction of sp³-hybridized carbons (Fsp3) is 0.190. The summed E-state index contributed by atoms with van der Waals surface area (Å²) in [5.41, 5.74) is 4.50. The number of aromatic nitrogens is 1. The lowest BCUT2D eigenvalue weighted by Gasteiger charge is -2.13. The predicted octanol–water partition coefficient (Wildman–Crippen LogP) is 4.33. The zero-order chi connectivity index (χ0) is 19.2. The highest BCUT2D eigenvalue weighted by atomic mass is 16.6. The van der Waals surface area contributed by atoms with Gasteiger partial charge >= 0.3 is 5.69 Å². The molecular weight excluding hydrogens is 340 g/mol.